The van der Waals surface area contributed by atoms with Crippen LogP contribution in [0, 0.1) is 5.82 Å². The van der Waals surface area contributed by atoms with Crippen LogP contribution in [-0.2, 0) is 6.54 Å². The van der Waals surface area contributed by atoms with E-state index in [1.165, 1.54) is 17.8 Å². The highest BCUT2D eigenvalue weighted by Gasteiger charge is 2.30. The molecule has 7 nitrogen and oxygen atoms in total. The summed E-state index contributed by atoms with van der Waals surface area (Å²) in [5.74, 6) is 1.36. The summed E-state index contributed by atoms with van der Waals surface area (Å²) in [6.07, 6.45) is 0. The molecule has 0 aliphatic carbocycles. The van der Waals surface area contributed by atoms with Crippen molar-refractivity contribution in [1.29, 1.82) is 0 Å². The van der Waals surface area contributed by atoms with Gasteiger partial charge in [0.25, 0.3) is 0 Å². The second kappa shape index (κ2) is 10.7. The molecular formula is C27H29FN6O. The predicted octanol–water partition coefficient (Wildman–Crippen LogP) is 4.17. The Morgan fingerprint density at radius 2 is 1.60 bits per heavy atom. The topological polar surface area (TPSA) is 59.3 Å². The molecule has 8 heteroatoms. The van der Waals surface area contributed by atoms with Crippen LogP contribution in [0.2, 0.25) is 0 Å². The van der Waals surface area contributed by atoms with Crippen molar-refractivity contribution in [1.82, 2.24) is 25.1 Å². The fraction of sp³-hybridized carbons (Fsp3) is 0.296. The number of aromatic nitrogens is 4. The molecule has 4 aromatic rings. The average Bonchev–Trinajstić information content (AvgIpc) is 3.35. The van der Waals surface area contributed by atoms with E-state index in [4.69, 9.17) is 4.74 Å². The van der Waals surface area contributed by atoms with Gasteiger partial charge >= 0.3 is 0 Å². The Labute approximate surface area is 204 Å². The molecule has 1 saturated heterocycles. The minimum Gasteiger partial charge on any atom is -0.494 e. The van der Waals surface area contributed by atoms with E-state index in [9.17, 15) is 4.39 Å². The quantitative estimate of drug-likeness (QED) is 0.384. The van der Waals surface area contributed by atoms with Crippen LogP contribution in [0.1, 0.15) is 29.9 Å². The van der Waals surface area contributed by atoms with Gasteiger partial charge in [-0.25, -0.2) is 9.07 Å². The third-order valence-electron chi connectivity index (χ3n) is 6.36. The van der Waals surface area contributed by atoms with Gasteiger partial charge in [-0.1, -0.05) is 42.5 Å². The van der Waals surface area contributed by atoms with Crippen LogP contribution in [0.25, 0.3) is 0 Å². The van der Waals surface area contributed by atoms with E-state index in [2.05, 4.69) is 61.7 Å². The Kier molecular flexibility index (Phi) is 6.99. The molecule has 1 aliphatic rings. The van der Waals surface area contributed by atoms with E-state index in [1.54, 1.807) is 12.1 Å². The van der Waals surface area contributed by atoms with E-state index in [-0.39, 0.29) is 11.9 Å². The van der Waals surface area contributed by atoms with E-state index >= 15 is 0 Å². The zero-order valence-electron chi connectivity index (χ0n) is 19.8. The highest BCUT2D eigenvalue weighted by molar-refractivity contribution is 5.46. The van der Waals surface area contributed by atoms with Gasteiger partial charge in [0.1, 0.15) is 11.6 Å². The zero-order valence-corrected chi connectivity index (χ0v) is 19.8. The fourth-order valence-electron chi connectivity index (χ4n) is 4.60. The Morgan fingerprint density at radius 1 is 0.886 bits per heavy atom. The molecular weight excluding hydrogens is 443 g/mol. The summed E-state index contributed by atoms with van der Waals surface area (Å²) in [6, 6.07) is 25.1. The van der Waals surface area contributed by atoms with E-state index < -0.39 is 0 Å². The first-order valence-corrected chi connectivity index (χ1v) is 12.0. The Balaban J connectivity index is 1.42. The second-order valence-corrected chi connectivity index (χ2v) is 8.58. The van der Waals surface area contributed by atoms with Crippen LogP contribution >= 0.6 is 0 Å². The van der Waals surface area contributed by atoms with Crippen molar-refractivity contribution in [3.05, 3.63) is 102 Å². The summed E-state index contributed by atoms with van der Waals surface area (Å²) in [5, 5.41) is 12.8. The number of hydrogen-bond donors (Lipinski definition) is 0. The maximum Gasteiger partial charge on any atom is 0.173 e. The second-order valence-electron chi connectivity index (χ2n) is 8.58. The third-order valence-corrected chi connectivity index (χ3v) is 6.36. The molecule has 1 fully saturated rings. The number of halogens is 1. The first-order valence-electron chi connectivity index (χ1n) is 12.0. The maximum absolute atomic E-state index is 13.4. The lowest BCUT2D eigenvalue weighted by Gasteiger charge is -2.40. The van der Waals surface area contributed by atoms with Crippen molar-refractivity contribution in [2.75, 3.05) is 37.7 Å². The van der Waals surface area contributed by atoms with Crippen LogP contribution in [0.4, 0.5) is 10.1 Å². The third kappa shape index (κ3) is 5.33. The van der Waals surface area contributed by atoms with Gasteiger partial charge in [0, 0.05) is 31.9 Å². The summed E-state index contributed by atoms with van der Waals surface area (Å²) in [6.45, 7) is 6.65. The molecule has 0 saturated carbocycles. The number of para-hydroxylation sites is 1. The average molecular weight is 473 g/mol. The number of nitrogens with zero attached hydrogens (tertiary/aromatic N) is 6. The monoisotopic (exact) mass is 472 g/mol. The number of piperazine rings is 1. The number of anilines is 1. The smallest absolute Gasteiger partial charge is 0.173 e. The van der Waals surface area contributed by atoms with E-state index in [1.807, 2.05) is 29.8 Å². The molecule has 2 heterocycles. The van der Waals surface area contributed by atoms with Crippen LogP contribution in [0.5, 0.6) is 5.75 Å². The van der Waals surface area contributed by atoms with Crippen molar-refractivity contribution in [2.24, 2.45) is 0 Å². The van der Waals surface area contributed by atoms with Gasteiger partial charge in [0.05, 0.1) is 19.2 Å². The van der Waals surface area contributed by atoms with Crippen molar-refractivity contribution < 1.29 is 9.13 Å². The summed E-state index contributed by atoms with van der Waals surface area (Å²) in [5.41, 5.74) is 3.29. The molecule has 180 valence electrons. The predicted molar refractivity (Wildman–Crippen MR) is 133 cm³/mol. The summed E-state index contributed by atoms with van der Waals surface area (Å²) >= 11 is 0. The van der Waals surface area contributed by atoms with Crippen LogP contribution in [0.15, 0.2) is 78.9 Å². The summed E-state index contributed by atoms with van der Waals surface area (Å²) in [4.78, 5) is 4.84. The number of tetrazole rings is 1. The molecule has 5 rings (SSSR count). The number of benzene rings is 3. The largest absolute Gasteiger partial charge is 0.494 e. The van der Waals surface area contributed by atoms with Gasteiger partial charge in [0.2, 0.25) is 0 Å². The molecule has 0 spiro atoms. The first-order chi connectivity index (χ1) is 17.2. The van der Waals surface area contributed by atoms with E-state index in [0.717, 1.165) is 48.9 Å². The molecule has 0 N–H and O–H groups in total. The van der Waals surface area contributed by atoms with Crippen LogP contribution < -0.4 is 9.64 Å². The van der Waals surface area contributed by atoms with Gasteiger partial charge in [0.15, 0.2) is 5.82 Å². The van der Waals surface area contributed by atoms with Crippen molar-refractivity contribution in [3.8, 4) is 5.75 Å². The van der Waals surface area contributed by atoms with Gasteiger partial charge < -0.3 is 9.64 Å². The van der Waals surface area contributed by atoms with Crippen LogP contribution in [-0.4, -0.2) is 57.9 Å². The fourth-order valence-corrected chi connectivity index (χ4v) is 4.60. The molecule has 0 bridgehead atoms. The lowest BCUT2D eigenvalue weighted by atomic mass is 10.0. The van der Waals surface area contributed by atoms with Gasteiger partial charge in [-0.05, 0) is 64.9 Å². The lowest BCUT2D eigenvalue weighted by Crippen LogP contribution is -2.48. The normalized spacial score (nSPS) is 15.2. The van der Waals surface area contributed by atoms with Gasteiger partial charge in [-0.15, -0.1) is 5.10 Å². The molecule has 1 aliphatic heterocycles. The van der Waals surface area contributed by atoms with Gasteiger partial charge in [-0.3, -0.25) is 4.90 Å². The number of hydrogen-bond acceptors (Lipinski definition) is 6. The Bertz CT molecular complexity index is 1200. The van der Waals surface area contributed by atoms with Crippen molar-refractivity contribution in [2.45, 2.75) is 19.5 Å². The molecule has 3 aromatic carbocycles. The van der Waals surface area contributed by atoms with Gasteiger partial charge in [-0.2, -0.15) is 0 Å². The summed E-state index contributed by atoms with van der Waals surface area (Å²) in [7, 11) is 0. The van der Waals surface area contributed by atoms with Crippen LogP contribution in [0.3, 0.4) is 0 Å². The maximum atomic E-state index is 13.4. The summed E-state index contributed by atoms with van der Waals surface area (Å²) < 4.78 is 20.9. The highest BCUT2D eigenvalue weighted by atomic mass is 19.1. The Hall–Kier alpha value is -3.78. The number of ether oxygens (including phenoxy) is 1. The van der Waals surface area contributed by atoms with Crippen molar-refractivity contribution >= 4 is 5.69 Å². The number of rotatable bonds is 8. The highest BCUT2D eigenvalue weighted by Crippen LogP contribution is 2.30. The molecule has 0 unspecified atom stereocenters. The minimum atomic E-state index is -0.255. The molecule has 1 aromatic heterocycles. The standard InChI is InChI=1S/C27H29FN6O/c1-2-35-25-14-10-22(11-15-25)26(33-18-16-32(17-19-33)24-6-4-3-5-7-24)27-29-30-31-34(27)20-21-8-12-23(28)13-9-21/h3-15,26H,2,16-20H2,1H3/t26-/m1/s1. The van der Waals surface area contributed by atoms with Crippen molar-refractivity contribution in [3.63, 3.8) is 0 Å². The molecule has 0 amide bonds. The zero-order chi connectivity index (χ0) is 24.0. The first kappa shape index (κ1) is 23.0. The molecule has 35 heavy (non-hydrogen) atoms. The SMILES string of the molecule is CCOc1ccc([C@H](c2nnnn2Cc2ccc(F)cc2)N2CCN(c3ccccc3)CC2)cc1. The molecule has 0 radical (unpaired) electrons. The lowest BCUT2D eigenvalue weighted by molar-refractivity contribution is 0.201. The Morgan fingerprint density at radius 3 is 2.29 bits per heavy atom. The minimum absolute atomic E-state index is 0.112. The molecule has 1 atom stereocenters. The van der Waals surface area contributed by atoms with E-state index in [0.29, 0.717) is 13.2 Å².